The van der Waals surface area contributed by atoms with Gasteiger partial charge in [0.25, 0.3) is 0 Å². The molecule has 0 amide bonds. The highest BCUT2D eigenvalue weighted by molar-refractivity contribution is 8.00. The molecular weight excluding hydrogens is 344 g/mol. The van der Waals surface area contributed by atoms with E-state index in [1.165, 1.54) is 11.8 Å². The molecule has 0 fully saturated rings. The molecule has 0 saturated carbocycles. The quantitative estimate of drug-likeness (QED) is 0.824. The molecule has 5 nitrogen and oxygen atoms in total. The number of ether oxygens (including phenoxy) is 1. The van der Waals surface area contributed by atoms with E-state index in [4.69, 9.17) is 22.1 Å². The zero-order valence-corrected chi connectivity index (χ0v) is 14.4. The summed E-state index contributed by atoms with van der Waals surface area (Å²) in [5.41, 5.74) is 6.58. The van der Waals surface area contributed by atoms with Crippen molar-refractivity contribution in [3.05, 3.63) is 57.5 Å². The fourth-order valence-corrected chi connectivity index (χ4v) is 3.80. The molecule has 24 heavy (non-hydrogen) atoms. The first-order chi connectivity index (χ1) is 11.5. The van der Waals surface area contributed by atoms with Crippen molar-refractivity contribution in [3.63, 3.8) is 0 Å². The van der Waals surface area contributed by atoms with Gasteiger partial charge in [-0.15, -0.1) is 11.8 Å². The maximum absolute atomic E-state index is 9.44. The third kappa shape index (κ3) is 2.93. The van der Waals surface area contributed by atoms with Crippen LogP contribution in [0.25, 0.3) is 0 Å². The van der Waals surface area contributed by atoms with E-state index in [0.717, 1.165) is 6.42 Å². The molecule has 1 aliphatic rings. The predicted octanol–water partition coefficient (Wildman–Crippen LogP) is 3.70. The van der Waals surface area contributed by atoms with E-state index in [9.17, 15) is 15.8 Å². The third-order valence-corrected chi connectivity index (χ3v) is 5.19. The van der Waals surface area contributed by atoms with Gasteiger partial charge in [0.1, 0.15) is 29.4 Å². The number of hydrogen-bond donors (Lipinski definition) is 1. The van der Waals surface area contributed by atoms with Crippen LogP contribution in [0.2, 0.25) is 5.02 Å². The molecule has 120 valence electrons. The Bertz CT molecular complexity index is 823. The summed E-state index contributed by atoms with van der Waals surface area (Å²) in [6.45, 7) is 2.00. The van der Waals surface area contributed by atoms with Gasteiger partial charge in [0.2, 0.25) is 10.8 Å². The van der Waals surface area contributed by atoms with Crippen molar-refractivity contribution < 1.29 is 4.74 Å². The maximum atomic E-state index is 9.44. The van der Waals surface area contributed by atoms with Gasteiger partial charge in [-0.05, 0) is 24.3 Å². The Kier molecular flexibility index (Phi) is 5.42. The fourth-order valence-electron chi connectivity index (χ4n) is 2.39. The molecule has 0 bridgehead atoms. The van der Waals surface area contributed by atoms with E-state index in [1.54, 1.807) is 24.3 Å². The summed E-state index contributed by atoms with van der Waals surface area (Å²) in [5.74, 6) is 0.594. The first-order valence-corrected chi connectivity index (χ1v) is 8.44. The lowest BCUT2D eigenvalue weighted by molar-refractivity contribution is 0.134. The van der Waals surface area contributed by atoms with Crippen LogP contribution in [0.15, 0.2) is 46.9 Å². The van der Waals surface area contributed by atoms with Crippen molar-refractivity contribution in [2.24, 2.45) is 5.73 Å². The number of nitrogens with two attached hydrogens (primary N) is 1. The summed E-state index contributed by atoms with van der Waals surface area (Å²) in [4.78, 5) is -1.21. The Balaban J connectivity index is 2.78. The van der Waals surface area contributed by atoms with Crippen molar-refractivity contribution in [2.45, 2.75) is 18.3 Å². The molecule has 0 aromatic heterocycles. The largest absolute Gasteiger partial charge is 0.452 e. The monoisotopic (exact) mass is 356 g/mol. The lowest BCUT2D eigenvalue weighted by Gasteiger charge is -2.30. The van der Waals surface area contributed by atoms with Crippen LogP contribution in [0.4, 0.5) is 0 Å². The zero-order valence-electron chi connectivity index (χ0n) is 12.8. The van der Waals surface area contributed by atoms with Crippen LogP contribution in [0.5, 0.6) is 0 Å². The van der Waals surface area contributed by atoms with Crippen molar-refractivity contribution in [3.8, 4) is 18.2 Å². The van der Waals surface area contributed by atoms with Crippen LogP contribution >= 0.6 is 23.4 Å². The second-order valence-corrected chi connectivity index (χ2v) is 6.61. The molecular formula is C17H13ClN4OS. The molecule has 2 N–H and O–H groups in total. The van der Waals surface area contributed by atoms with Crippen LogP contribution in [0, 0.1) is 34.0 Å². The molecule has 1 aromatic rings. The molecule has 0 unspecified atom stereocenters. The average molecular weight is 357 g/mol. The van der Waals surface area contributed by atoms with Gasteiger partial charge in [0, 0.05) is 10.6 Å². The SMILES string of the molecule is CCCS[C@@]1(c2ccc(Cl)cc2)OC(N)=C(C#N)C1=C(C#N)C#N. The first-order valence-electron chi connectivity index (χ1n) is 7.08. The van der Waals surface area contributed by atoms with Crippen LogP contribution in [0.3, 0.4) is 0 Å². The van der Waals surface area contributed by atoms with Gasteiger partial charge < -0.3 is 10.5 Å². The molecule has 2 rings (SSSR count). The number of allylic oxidation sites excluding steroid dienone is 1. The summed E-state index contributed by atoms with van der Waals surface area (Å²) in [6.07, 6.45) is 0.840. The minimum atomic E-state index is -1.21. The predicted molar refractivity (Wildman–Crippen MR) is 92.0 cm³/mol. The normalized spacial score (nSPS) is 19.2. The third-order valence-electron chi connectivity index (χ3n) is 3.40. The van der Waals surface area contributed by atoms with E-state index in [2.05, 4.69) is 0 Å². The van der Waals surface area contributed by atoms with Gasteiger partial charge in [-0.1, -0.05) is 30.7 Å². The maximum Gasteiger partial charge on any atom is 0.211 e. The average Bonchev–Trinajstić information content (AvgIpc) is 2.87. The minimum absolute atomic E-state index is 0.0200. The second-order valence-electron chi connectivity index (χ2n) is 4.90. The van der Waals surface area contributed by atoms with Crippen LogP contribution in [0.1, 0.15) is 18.9 Å². The summed E-state index contributed by atoms with van der Waals surface area (Å²) >= 11 is 7.34. The summed E-state index contributed by atoms with van der Waals surface area (Å²) in [5, 5.41) is 28.7. The molecule has 1 aromatic carbocycles. The van der Waals surface area contributed by atoms with E-state index >= 15 is 0 Å². The smallest absolute Gasteiger partial charge is 0.211 e. The summed E-state index contributed by atoms with van der Waals surface area (Å²) < 4.78 is 5.87. The Morgan fingerprint density at radius 2 is 1.88 bits per heavy atom. The highest BCUT2D eigenvalue weighted by Crippen LogP contribution is 2.53. The van der Waals surface area contributed by atoms with Crippen LogP contribution in [-0.2, 0) is 9.67 Å². The van der Waals surface area contributed by atoms with E-state index < -0.39 is 4.93 Å². The van der Waals surface area contributed by atoms with E-state index in [1.807, 2.05) is 25.1 Å². The van der Waals surface area contributed by atoms with Crippen molar-refractivity contribution >= 4 is 23.4 Å². The molecule has 0 radical (unpaired) electrons. The highest BCUT2D eigenvalue weighted by atomic mass is 35.5. The fraction of sp³-hybridized carbons (Fsp3) is 0.235. The standard InChI is InChI=1S/C17H13ClN4OS/c1-2-7-24-17(12-3-5-13(18)6-4-12)15(11(8-19)9-20)14(10-21)16(22)23-17/h3-6H,2,7,22H2,1H3/t17-/m1/s1. The molecule has 1 heterocycles. The Morgan fingerprint density at radius 3 is 2.38 bits per heavy atom. The molecule has 0 aliphatic carbocycles. The number of rotatable bonds is 4. The lowest BCUT2D eigenvalue weighted by Crippen LogP contribution is -2.26. The van der Waals surface area contributed by atoms with E-state index in [-0.39, 0.29) is 22.6 Å². The van der Waals surface area contributed by atoms with Gasteiger partial charge in [0.15, 0.2) is 0 Å². The van der Waals surface area contributed by atoms with Gasteiger partial charge >= 0.3 is 0 Å². The van der Waals surface area contributed by atoms with Crippen LogP contribution in [-0.4, -0.2) is 5.75 Å². The van der Waals surface area contributed by atoms with Gasteiger partial charge in [0.05, 0.1) is 5.57 Å². The number of nitrogens with zero attached hydrogens (tertiary/aromatic N) is 3. The molecule has 0 saturated heterocycles. The minimum Gasteiger partial charge on any atom is -0.452 e. The van der Waals surface area contributed by atoms with Crippen LogP contribution < -0.4 is 5.73 Å². The van der Waals surface area contributed by atoms with E-state index in [0.29, 0.717) is 16.3 Å². The van der Waals surface area contributed by atoms with Gasteiger partial charge in [-0.25, -0.2) is 0 Å². The number of halogens is 1. The second kappa shape index (κ2) is 7.32. The first kappa shape index (κ1) is 17.8. The Morgan fingerprint density at radius 1 is 1.25 bits per heavy atom. The van der Waals surface area contributed by atoms with Crippen molar-refractivity contribution in [1.29, 1.82) is 15.8 Å². The molecule has 1 atom stereocenters. The van der Waals surface area contributed by atoms with Gasteiger partial charge in [-0.3, -0.25) is 0 Å². The Hall–Kier alpha value is -2.59. The molecule has 1 aliphatic heterocycles. The van der Waals surface area contributed by atoms with Crippen molar-refractivity contribution in [2.75, 3.05) is 5.75 Å². The highest BCUT2D eigenvalue weighted by Gasteiger charge is 2.49. The number of nitriles is 3. The topological polar surface area (TPSA) is 107 Å². The number of thioether (sulfide) groups is 1. The summed E-state index contributed by atoms with van der Waals surface area (Å²) in [7, 11) is 0. The number of hydrogen-bond acceptors (Lipinski definition) is 6. The molecule has 0 spiro atoms. The number of benzene rings is 1. The summed E-state index contributed by atoms with van der Waals surface area (Å²) in [6, 6.07) is 12.5. The van der Waals surface area contributed by atoms with Gasteiger partial charge in [-0.2, -0.15) is 15.8 Å². The Labute approximate surface area is 149 Å². The molecule has 7 heteroatoms. The van der Waals surface area contributed by atoms with Crippen molar-refractivity contribution in [1.82, 2.24) is 0 Å². The zero-order chi connectivity index (χ0) is 17.7. The lowest BCUT2D eigenvalue weighted by atomic mass is 9.93.